The highest BCUT2D eigenvalue weighted by molar-refractivity contribution is 6.31. The Morgan fingerprint density at radius 1 is 1.24 bits per heavy atom. The number of aryl methyl sites for hydroxylation is 2. The summed E-state index contributed by atoms with van der Waals surface area (Å²) in [4.78, 5) is 8.89. The number of nitrogens with one attached hydrogen (secondary N) is 2. The van der Waals surface area contributed by atoms with Gasteiger partial charge < -0.3 is 20.1 Å². The minimum Gasteiger partial charge on any atom is -0.495 e. The van der Waals surface area contributed by atoms with Gasteiger partial charge in [-0.1, -0.05) is 11.6 Å². The van der Waals surface area contributed by atoms with Gasteiger partial charge >= 0.3 is 0 Å². The van der Waals surface area contributed by atoms with Gasteiger partial charge in [0.1, 0.15) is 23.2 Å². The molecule has 1 atom stereocenters. The van der Waals surface area contributed by atoms with E-state index < -0.39 is 0 Å². The van der Waals surface area contributed by atoms with Crippen LogP contribution in [0.3, 0.4) is 0 Å². The fraction of sp³-hybridized carbons (Fsp3) is 0.444. The van der Waals surface area contributed by atoms with Gasteiger partial charge in [0.2, 0.25) is 0 Å². The molecule has 6 nitrogen and oxygen atoms in total. The maximum absolute atomic E-state index is 6.17. The molecule has 2 heterocycles. The number of aromatic nitrogens is 2. The molecule has 1 unspecified atom stereocenters. The summed E-state index contributed by atoms with van der Waals surface area (Å²) in [6.07, 6.45) is 2.46. The lowest BCUT2D eigenvalue weighted by Gasteiger charge is -2.15. The number of halogens is 1. The third-order valence-electron chi connectivity index (χ3n) is 4.12. The van der Waals surface area contributed by atoms with Crippen molar-refractivity contribution in [3.63, 3.8) is 0 Å². The lowest BCUT2D eigenvalue weighted by atomic mass is 10.2. The number of hydrogen-bond donors (Lipinski definition) is 2. The SMILES string of the molecule is COc1cc(Cl)c(C)cc1Nc1cc(NCC2CCCO2)nc(C)n1. The van der Waals surface area contributed by atoms with Crippen LogP contribution in [0.4, 0.5) is 17.3 Å². The van der Waals surface area contributed by atoms with Crippen LogP contribution in [0.15, 0.2) is 18.2 Å². The van der Waals surface area contributed by atoms with Crippen molar-refractivity contribution in [3.05, 3.63) is 34.6 Å². The van der Waals surface area contributed by atoms with Crippen molar-refractivity contribution in [1.29, 1.82) is 0 Å². The number of benzene rings is 1. The van der Waals surface area contributed by atoms with E-state index in [2.05, 4.69) is 20.6 Å². The number of anilines is 3. The monoisotopic (exact) mass is 362 g/mol. The highest BCUT2D eigenvalue weighted by Gasteiger charge is 2.15. The molecule has 0 aliphatic carbocycles. The molecule has 0 bridgehead atoms. The molecular formula is C18H23ClN4O2. The zero-order valence-electron chi connectivity index (χ0n) is 14.7. The largest absolute Gasteiger partial charge is 0.495 e. The van der Waals surface area contributed by atoms with Crippen molar-refractivity contribution in [3.8, 4) is 5.75 Å². The Morgan fingerprint density at radius 2 is 2.04 bits per heavy atom. The van der Waals surface area contributed by atoms with Gasteiger partial charge in [0, 0.05) is 30.3 Å². The number of methoxy groups -OCH3 is 1. The summed E-state index contributed by atoms with van der Waals surface area (Å²) in [5.74, 6) is 2.82. The molecule has 0 spiro atoms. The van der Waals surface area contributed by atoms with Gasteiger partial charge in [0.05, 0.1) is 18.9 Å². The average molecular weight is 363 g/mol. The smallest absolute Gasteiger partial charge is 0.143 e. The van der Waals surface area contributed by atoms with Crippen molar-refractivity contribution in [2.45, 2.75) is 32.8 Å². The third-order valence-corrected chi connectivity index (χ3v) is 4.52. The summed E-state index contributed by atoms with van der Waals surface area (Å²) < 4.78 is 11.0. The predicted molar refractivity (Wildman–Crippen MR) is 100 cm³/mol. The Hall–Kier alpha value is -2.05. The molecule has 1 aliphatic rings. The minimum atomic E-state index is 0.255. The molecule has 1 fully saturated rings. The van der Waals surface area contributed by atoms with Crippen molar-refractivity contribution in [2.24, 2.45) is 0 Å². The van der Waals surface area contributed by atoms with E-state index in [0.29, 0.717) is 22.4 Å². The van der Waals surface area contributed by atoms with Crippen LogP contribution in [-0.2, 0) is 4.74 Å². The maximum Gasteiger partial charge on any atom is 0.143 e. The van der Waals surface area contributed by atoms with E-state index in [4.69, 9.17) is 21.1 Å². The van der Waals surface area contributed by atoms with E-state index in [1.165, 1.54) is 0 Å². The van der Waals surface area contributed by atoms with Crippen molar-refractivity contribution in [1.82, 2.24) is 9.97 Å². The minimum absolute atomic E-state index is 0.255. The molecule has 0 radical (unpaired) electrons. The molecule has 0 amide bonds. The molecule has 2 aromatic rings. The fourth-order valence-corrected chi connectivity index (χ4v) is 2.97. The Bertz CT molecular complexity index is 748. The molecule has 2 N–H and O–H groups in total. The first kappa shape index (κ1) is 17.8. The summed E-state index contributed by atoms with van der Waals surface area (Å²) in [5.41, 5.74) is 1.78. The zero-order valence-corrected chi connectivity index (χ0v) is 15.5. The van der Waals surface area contributed by atoms with E-state index in [0.717, 1.165) is 43.1 Å². The summed E-state index contributed by atoms with van der Waals surface area (Å²) >= 11 is 6.17. The highest BCUT2D eigenvalue weighted by atomic mass is 35.5. The van der Waals surface area contributed by atoms with Crippen LogP contribution in [0, 0.1) is 13.8 Å². The second kappa shape index (κ2) is 7.89. The van der Waals surface area contributed by atoms with Gasteiger partial charge in [-0.05, 0) is 38.3 Å². The number of ether oxygens (including phenoxy) is 2. The molecule has 3 rings (SSSR count). The summed E-state index contributed by atoms with van der Waals surface area (Å²) in [6.45, 7) is 5.41. The Kier molecular flexibility index (Phi) is 5.60. The second-order valence-electron chi connectivity index (χ2n) is 6.13. The molecule has 1 saturated heterocycles. The van der Waals surface area contributed by atoms with Gasteiger partial charge in [-0.3, -0.25) is 0 Å². The number of nitrogens with zero attached hydrogens (tertiary/aromatic N) is 2. The number of rotatable bonds is 6. The second-order valence-corrected chi connectivity index (χ2v) is 6.54. The highest BCUT2D eigenvalue weighted by Crippen LogP contribution is 2.33. The fourth-order valence-electron chi connectivity index (χ4n) is 2.81. The van der Waals surface area contributed by atoms with Crippen molar-refractivity contribution >= 4 is 28.9 Å². The van der Waals surface area contributed by atoms with Gasteiger partial charge in [0.25, 0.3) is 0 Å². The summed E-state index contributed by atoms with van der Waals surface area (Å²) in [7, 11) is 1.62. The van der Waals surface area contributed by atoms with Gasteiger partial charge in [-0.2, -0.15) is 0 Å². The molecular weight excluding hydrogens is 340 g/mol. The summed E-state index contributed by atoms with van der Waals surface area (Å²) in [5, 5.41) is 7.30. The van der Waals surface area contributed by atoms with E-state index in [9.17, 15) is 0 Å². The quantitative estimate of drug-likeness (QED) is 0.806. The Balaban J connectivity index is 1.77. The third kappa shape index (κ3) is 4.52. The molecule has 25 heavy (non-hydrogen) atoms. The zero-order chi connectivity index (χ0) is 17.8. The van der Waals surface area contributed by atoms with Gasteiger partial charge in [-0.15, -0.1) is 0 Å². The van der Waals surface area contributed by atoms with Crippen LogP contribution >= 0.6 is 11.6 Å². The normalized spacial score (nSPS) is 16.7. The lowest BCUT2D eigenvalue weighted by molar-refractivity contribution is 0.120. The average Bonchev–Trinajstić information content (AvgIpc) is 3.09. The van der Waals surface area contributed by atoms with Crippen LogP contribution in [0.1, 0.15) is 24.2 Å². The van der Waals surface area contributed by atoms with E-state index in [1.54, 1.807) is 13.2 Å². The first-order chi connectivity index (χ1) is 12.0. The van der Waals surface area contributed by atoms with E-state index in [-0.39, 0.29) is 6.10 Å². The van der Waals surface area contributed by atoms with Crippen molar-refractivity contribution in [2.75, 3.05) is 30.9 Å². The van der Waals surface area contributed by atoms with E-state index >= 15 is 0 Å². The molecule has 1 aromatic heterocycles. The molecule has 1 aromatic carbocycles. The maximum atomic E-state index is 6.17. The van der Waals surface area contributed by atoms with Gasteiger partial charge in [0.15, 0.2) is 0 Å². The lowest BCUT2D eigenvalue weighted by Crippen LogP contribution is -2.19. The predicted octanol–water partition coefficient (Wildman–Crippen LogP) is 4.09. The van der Waals surface area contributed by atoms with Crippen LogP contribution in [0.25, 0.3) is 0 Å². The van der Waals surface area contributed by atoms with Crippen LogP contribution in [0.5, 0.6) is 5.75 Å². The van der Waals surface area contributed by atoms with Crippen LogP contribution < -0.4 is 15.4 Å². The molecule has 1 aliphatic heterocycles. The van der Waals surface area contributed by atoms with E-state index in [1.807, 2.05) is 26.0 Å². The van der Waals surface area contributed by atoms with Crippen LogP contribution in [-0.4, -0.2) is 36.3 Å². The first-order valence-electron chi connectivity index (χ1n) is 8.37. The Labute approximate surface area is 152 Å². The summed E-state index contributed by atoms with van der Waals surface area (Å²) in [6, 6.07) is 5.62. The Morgan fingerprint density at radius 3 is 2.76 bits per heavy atom. The molecule has 0 saturated carbocycles. The first-order valence-corrected chi connectivity index (χ1v) is 8.75. The van der Waals surface area contributed by atoms with Crippen molar-refractivity contribution < 1.29 is 9.47 Å². The van der Waals surface area contributed by atoms with Gasteiger partial charge in [-0.25, -0.2) is 9.97 Å². The standard InChI is InChI=1S/C18H23ClN4O2/c1-11-7-15(16(24-3)8-14(11)19)23-18-9-17(21-12(2)22-18)20-10-13-5-4-6-25-13/h7-9,13H,4-6,10H2,1-3H3,(H2,20,21,22,23). The topological polar surface area (TPSA) is 68.3 Å². The molecule has 7 heteroatoms. The van der Waals surface area contributed by atoms with Crippen LogP contribution in [0.2, 0.25) is 5.02 Å². The number of hydrogen-bond acceptors (Lipinski definition) is 6. The molecule has 134 valence electrons.